The summed E-state index contributed by atoms with van der Waals surface area (Å²) in [6.07, 6.45) is 0. The van der Waals surface area contributed by atoms with E-state index in [-0.39, 0.29) is 18.2 Å². The van der Waals surface area contributed by atoms with Crippen LogP contribution in [0.4, 0.5) is 0 Å². The molecule has 1 aromatic rings. The Morgan fingerprint density at radius 3 is 1.93 bits per heavy atom. The molecule has 0 heterocycles. The van der Waals surface area contributed by atoms with E-state index in [0.717, 1.165) is 0 Å². The van der Waals surface area contributed by atoms with Crippen molar-refractivity contribution in [2.45, 2.75) is 0 Å². The molecule has 0 aliphatic heterocycles. The number of benzene rings is 1. The van der Waals surface area contributed by atoms with Crippen LogP contribution in [0, 0.1) is 0 Å². The van der Waals surface area contributed by atoms with Gasteiger partial charge in [0.2, 0.25) is 0 Å². The Bertz CT molecular complexity index is 347. The highest BCUT2D eigenvalue weighted by molar-refractivity contribution is 7.63. The van der Waals surface area contributed by atoms with E-state index >= 15 is 0 Å². The van der Waals surface area contributed by atoms with Crippen molar-refractivity contribution in [2.75, 3.05) is 0 Å². The lowest BCUT2D eigenvalue weighted by Gasteiger charge is -2.11. The molecule has 1 rings (SSSR count). The predicted octanol–water partition coefficient (Wildman–Crippen LogP) is 0.851. The first-order valence-electron chi connectivity index (χ1n) is 3.62. The van der Waals surface area contributed by atoms with Crippen molar-refractivity contribution in [1.82, 2.24) is 0 Å². The van der Waals surface area contributed by atoms with Crippen LogP contribution in [0.1, 0.15) is 0 Å². The van der Waals surface area contributed by atoms with E-state index in [4.69, 9.17) is 0 Å². The van der Waals surface area contributed by atoms with Gasteiger partial charge < -0.3 is 9.05 Å². The molecular weight excluding hydrogens is 207 g/mol. The fourth-order valence-electron chi connectivity index (χ4n) is 0.870. The molecule has 0 bridgehead atoms. The van der Waals surface area contributed by atoms with Crippen molar-refractivity contribution in [2.24, 2.45) is 0 Å². The Morgan fingerprint density at radius 1 is 1.00 bits per heavy atom. The van der Waals surface area contributed by atoms with Crippen LogP contribution in [-0.4, -0.2) is 12.9 Å². The van der Waals surface area contributed by atoms with Crippen molar-refractivity contribution < 1.29 is 23.2 Å². The predicted molar refractivity (Wildman–Crippen MR) is 48.0 cm³/mol. The van der Waals surface area contributed by atoms with E-state index in [1.165, 1.54) is 12.1 Å². The van der Waals surface area contributed by atoms with Crippen LogP contribution < -0.4 is 5.30 Å². The Hall–Kier alpha value is -1.61. The molecule has 0 N–H and O–H groups in total. The highest BCUT2D eigenvalue weighted by atomic mass is 31.2. The summed E-state index contributed by atoms with van der Waals surface area (Å²) in [6.45, 7) is -0.0332. The van der Waals surface area contributed by atoms with Gasteiger partial charge in [-0.05, 0) is 12.1 Å². The van der Waals surface area contributed by atoms with Gasteiger partial charge in [-0.25, -0.2) is 4.57 Å². The van der Waals surface area contributed by atoms with Crippen molar-refractivity contribution in [1.29, 1.82) is 0 Å². The van der Waals surface area contributed by atoms with Crippen LogP contribution in [0.15, 0.2) is 30.3 Å². The van der Waals surface area contributed by atoms with E-state index in [2.05, 4.69) is 9.05 Å². The summed E-state index contributed by atoms with van der Waals surface area (Å²) in [4.78, 5) is 20.2. The van der Waals surface area contributed by atoms with Crippen molar-refractivity contribution in [3.63, 3.8) is 0 Å². The molecule has 0 aliphatic carbocycles. The van der Waals surface area contributed by atoms with Gasteiger partial charge in [0.1, 0.15) is 0 Å². The first-order chi connectivity index (χ1) is 6.73. The molecule has 0 aliphatic rings. The third kappa shape index (κ3) is 2.20. The SMILES string of the molecule is O=COP(=O)(OC=O)c1ccccc1. The zero-order valence-corrected chi connectivity index (χ0v) is 7.92. The number of hydrogen-bond donors (Lipinski definition) is 0. The second-order valence-electron chi connectivity index (χ2n) is 2.24. The summed E-state index contributed by atoms with van der Waals surface area (Å²) in [5, 5.41) is 0.152. The lowest BCUT2D eigenvalue weighted by Crippen LogP contribution is -2.08. The summed E-state index contributed by atoms with van der Waals surface area (Å²) >= 11 is 0. The van der Waals surface area contributed by atoms with Gasteiger partial charge in [-0.3, -0.25) is 9.59 Å². The zero-order chi connectivity index (χ0) is 10.4. The summed E-state index contributed by atoms with van der Waals surface area (Å²) in [5.74, 6) is 0. The second kappa shape index (κ2) is 4.58. The van der Waals surface area contributed by atoms with E-state index in [1.807, 2.05) is 0 Å². The topological polar surface area (TPSA) is 69.7 Å². The maximum atomic E-state index is 11.7. The molecule has 14 heavy (non-hydrogen) atoms. The van der Waals surface area contributed by atoms with Gasteiger partial charge >= 0.3 is 20.5 Å². The third-order valence-electron chi connectivity index (χ3n) is 1.44. The van der Waals surface area contributed by atoms with E-state index in [0.29, 0.717) is 0 Å². The number of hydrogen-bond acceptors (Lipinski definition) is 5. The Kier molecular flexibility index (Phi) is 3.42. The quantitative estimate of drug-likeness (QED) is 0.536. The average molecular weight is 214 g/mol. The summed E-state index contributed by atoms with van der Waals surface area (Å²) in [5.41, 5.74) is 0. The largest absolute Gasteiger partial charge is 0.466 e. The number of rotatable bonds is 5. The van der Waals surface area contributed by atoms with Gasteiger partial charge in [0.25, 0.3) is 0 Å². The van der Waals surface area contributed by atoms with Crippen molar-refractivity contribution in [3.8, 4) is 0 Å². The maximum Gasteiger partial charge on any atom is 0.466 e. The van der Waals surface area contributed by atoms with Gasteiger partial charge in [0.15, 0.2) is 0 Å². The van der Waals surface area contributed by atoms with Gasteiger partial charge in [0, 0.05) is 0 Å². The molecule has 0 amide bonds. The summed E-state index contributed by atoms with van der Waals surface area (Å²) < 4.78 is 20.3. The highest BCUT2D eigenvalue weighted by Gasteiger charge is 2.29. The van der Waals surface area contributed by atoms with Crippen LogP contribution in [0.3, 0.4) is 0 Å². The minimum atomic E-state index is -3.81. The fourth-order valence-corrected chi connectivity index (χ4v) is 1.93. The zero-order valence-electron chi connectivity index (χ0n) is 7.03. The van der Waals surface area contributed by atoms with Gasteiger partial charge in [-0.15, -0.1) is 0 Å². The molecular formula is C8H7O5P. The molecule has 0 aromatic heterocycles. The summed E-state index contributed by atoms with van der Waals surface area (Å²) in [6, 6.07) is 7.74. The van der Waals surface area contributed by atoms with Crippen LogP contribution in [0.2, 0.25) is 0 Å². The first kappa shape index (κ1) is 10.5. The smallest absolute Gasteiger partial charge is 0.382 e. The minimum absolute atomic E-state index is 0.0166. The second-order valence-corrected chi connectivity index (χ2v) is 4.17. The van der Waals surface area contributed by atoms with Gasteiger partial charge in [-0.2, -0.15) is 0 Å². The standard InChI is InChI=1S/C8H7O5P/c9-6-12-14(11,13-7-10)8-4-2-1-3-5-8/h1-7H. The van der Waals surface area contributed by atoms with Crippen molar-refractivity contribution in [3.05, 3.63) is 30.3 Å². The molecule has 0 fully saturated rings. The van der Waals surface area contributed by atoms with Crippen LogP contribution in [0.5, 0.6) is 0 Å². The third-order valence-corrected chi connectivity index (χ3v) is 3.09. The van der Waals surface area contributed by atoms with E-state index in [1.54, 1.807) is 18.2 Å². The molecule has 0 radical (unpaired) electrons. The van der Waals surface area contributed by atoms with Crippen LogP contribution in [-0.2, 0) is 23.2 Å². The normalized spacial score (nSPS) is 10.3. The Labute approximate surface area is 80.2 Å². The fraction of sp³-hybridized carbons (Fsp3) is 0. The molecule has 74 valence electrons. The number of carbonyl (C=O) groups excluding carboxylic acids is 2. The summed E-state index contributed by atoms with van der Waals surface area (Å²) in [7, 11) is -3.81. The van der Waals surface area contributed by atoms with Gasteiger partial charge in [0.05, 0.1) is 5.30 Å². The highest BCUT2D eigenvalue weighted by Crippen LogP contribution is 2.45. The molecule has 1 aromatic carbocycles. The minimum Gasteiger partial charge on any atom is -0.382 e. The monoisotopic (exact) mass is 214 g/mol. The lowest BCUT2D eigenvalue weighted by atomic mass is 10.4. The Morgan fingerprint density at radius 2 is 1.50 bits per heavy atom. The molecule has 0 spiro atoms. The van der Waals surface area contributed by atoms with Gasteiger partial charge in [-0.1, -0.05) is 18.2 Å². The maximum absolute atomic E-state index is 11.7. The van der Waals surface area contributed by atoms with E-state index in [9.17, 15) is 14.2 Å². The first-order valence-corrected chi connectivity index (χ1v) is 5.17. The molecule has 6 heteroatoms. The van der Waals surface area contributed by atoms with E-state index < -0.39 is 7.60 Å². The molecule has 0 atom stereocenters. The number of carbonyl (C=O) groups is 2. The van der Waals surface area contributed by atoms with Crippen LogP contribution >= 0.6 is 7.60 Å². The Balaban J connectivity index is 3.05. The molecule has 0 saturated heterocycles. The molecule has 0 unspecified atom stereocenters. The average Bonchev–Trinajstić information content (AvgIpc) is 2.20. The lowest BCUT2D eigenvalue weighted by molar-refractivity contribution is -0.124. The molecule has 0 saturated carbocycles. The molecule has 5 nitrogen and oxygen atoms in total. The van der Waals surface area contributed by atoms with Crippen LogP contribution in [0.25, 0.3) is 0 Å². The van der Waals surface area contributed by atoms with Crippen molar-refractivity contribution >= 4 is 25.8 Å².